The third-order valence-corrected chi connectivity index (χ3v) is 5.08. The van der Waals surface area contributed by atoms with Crippen molar-refractivity contribution in [3.8, 4) is 0 Å². The molecule has 1 aromatic carbocycles. The normalized spacial score (nSPS) is 25.5. The lowest BCUT2D eigenvalue weighted by molar-refractivity contribution is -0.129. The molecule has 0 radical (unpaired) electrons. The molecular weight excluding hydrogens is 276 g/mol. The Hall–Kier alpha value is -1.68. The van der Waals surface area contributed by atoms with Crippen molar-refractivity contribution in [3.63, 3.8) is 0 Å². The minimum Gasteiger partial charge on any atom is -0.336 e. The lowest BCUT2D eigenvalue weighted by atomic mass is 9.90. The second-order valence-corrected chi connectivity index (χ2v) is 7.00. The van der Waals surface area contributed by atoms with Crippen LogP contribution in [0.4, 0.5) is 0 Å². The minimum absolute atomic E-state index is 0.0592. The van der Waals surface area contributed by atoms with Crippen LogP contribution in [0.15, 0.2) is 30.3 Å². The van der Waals surface area contributed by atoms with Crippen molar-refractivity contribution in [2.75, 3.05) is 26.2 Å². The monoisotopic (exact) mass is 300 g/mol. The standard InChI is InChI=1S/C18H24N2O2/c1-18(2)9-8-15(16(18)21)19-10-12-20(13-11-19)17(22)14-6-4-3-5-7-14/h3-7,15H,8-13H2,1-2H3. The van der Waals surface area contributed by atoms with Crippen molar-refractivity contribution in [2.24, 2.45) is 5.41 Å². The molecule has 1 aliphatic carbocycles. The fourth-order valence-corrected chi connectivity index (χ4v) is 3.55. The van der Waals surface area contributed by atoms with Gasteiger partial charge >= 0.3 is 0 Å². The van der Waals surface area contributed by atoms with E-state index < -0.39 is 0 Å². The molecule has 4 nitrogen and oxygen atoms in total. The molecule has 1 saturated heterocycles. The van der Waals surface area contributed by atoms with E-state index in [4.69, 9.17) is 0 Å². The molecule has 0 aromatic heterocycles. The summed E-state index contributed by atoms with van der Waals surface area (Å²) < 4.78 is 0. The molecule has 1 aliphatic heterocycles. The van der Waals surface area contributed by atoms with Crippen molar-refractivity contribution in [2.45, 2.75) is 32.7 Å². The van der Waals surface area contributed by atoms with Crippen molar-refractivity contribution >= 4 is 11.7 Å². The molecule has 1 amide bonds. The Bertz CT molecular complexity index is 560. The van der Waals surface area contributed by atoms with Gasteiger partial charge < -0.3 is 4.90 Å². The van der Waals surface area contributed by atoms with E-state index >= 15 is 0 Å². The summed E-state index contributed by atoms with van der Waals surface area (Å²) in [5.41, 5.74) is 0.566. The number of hydrogen-bond donors (Lipinski definition) is 0. The van der Waals surface area contributed by atoms with Crippen LogP contribution < -0.4 is 0 Å². The predicted octanol–water partition coefficient (Wildman–Crippen LogP) is 2.20. The van der Waals surface area contributed by atoms with Crippen molar-refractivity contribution < 1.29 is 9.59 Å². The maximum Gasteiger partial charge on any atom is 0.253 e. The average Bonchev–Trinajstić information content (AvgIpc) is 2.82. The van der Waals surface area contributed by atoms with Crippen molar-refractivity contribution in [1.29, 1.82) is 0 Å². The van der Waals surface area contributed by atoms with Gasteiger partial charge in [0.05, 0.1) is 6.04 Å². The number of rotatable bonds is 2. The summed E-state index contributed by atoms with van der Waals surface area (Å²) in [5, 5.41) is 0. The van der Waals surface area contributed by atoms with Gasteiger partial charge in [-0.15, -0.1) is 0 Å². The van der Waals surface area contributed by atoms with E-state index in [0.29, 0.717) is 18.9 Å². The molecule has 4 heteroatoms. The van der Waals surface area contributed by atoms with Crippen molar-refractivity contribution in [3.05, 3.63) is 35.9 Å². The topological polar surface area (TPSA) is 40.6 Å². The molecular formula is C18H24N2O2. The van der Waals surface area contributed by atoms with Gasteiger partial charge in [0.25, 0.3) is 5.91 Å². The highest BCUT2D eigenvalue weighted by molar-refractivity contribution is 5.94. The Balaban J connectivity index is 1.59. The summed E-state index contributed by atoms with van der Waals surface area (Å²) in [6, 6.07) is 9.48. The molecule has 1 aromatic rings. The minimum atomic E-state index is -0.179. The SMILES string of the molecule is CC1(C)CCC(N2CCN(C(=O)c3ccccc3)CC2)C1=O. The van der Waals surface area contributed by atoms with E-state index in [1.54, 1.807) is 0 Å². The number of benzene rings is 1. The van der Waals surface area contributed by atoms with E-state index in [9.17, 15) is 9.59 Å². The van der Waals surface area contributed by atoms with Crippen LogP contribution in [-0.4, -0.2) is 53.7 Å². The fraction of sp³-hybridized carbons (Fsp3) is 0.556. The van der Waals surface area contributed by atoms with Gasteiger partial charge in [-0.05, 0) is 25.0 Å². The van der Waals surface area contributed by atoms with Crippen LogP contribution in [0, 0.1) is 5.41 Å². The zero-order valence-corrected chi connectivity index (χ0v) is 13.4. The molecule has 0 bridgehead atoms. The summed E-state index contributed by atoms with van der Waals surface area (Å²) in [6.45, 7) is 7.10. The van der Waals surface area contributed by atoms with Gasteiger partial charge in [0, 0.05) is 37.2 Å². The molecule has 2 aliphatic rings. The molecule has 1 unspecified atom stereocenters. The van der Waals surface area contributed by atoms with Gasteiger partial charge in [0.2, 0.25) is 0 Å². The van der Waals surface area contributed by atoms with Crippen LogP contribution in [0.3, 0.4) is 0 Å². The van der Waals surface area contributed by atoms with Gasteiger partial charge in [0.15, 0.2) is 5.78 Å². The number of carbonyl (C=O) groups is 2. The highest BCUT2D eigenvalue weighted by Gasteiger charge is 2.43. The predicted molar refractivity (Wildman–Crippen MR) is 85.7 cm³/mol. The van der Waals surface area contributed by atoms with Crippen LogP contribution in [0.2, 0.25) is 0 Å². The molecule has 2 fully saturated rings. The lowest BCUT2D eigenvalue weighted by Crippen LogP contribution is -2.53. The number of nitrogens with zero attached hydrogens (tertiary/aromatic N) is 2. The van der Waals surface area contributed by atoms with Gasteiger partial charge in [0.1, 0.15) is 0 Å². The average molecular weight is 300 g/mol. The number of amides is 1. The van der Waals surface area contributed by atoms with E-state index in [-0.39, 0.29) is 17.4 Å². The molecule has 0 spiro atoms. The van der Waals surface area contributed by atoms with Crippen LogP contribution >= 0.6 is 0 Å². The molecule has 1 saturated carbocycles. The van der Waals surface area contributed by atoms with Gasteiger partial charge in [-0.2, -0.15) is 0 Å². The largest absolute Gasteiger partial charge is 0.336 e. The fourth-order valence-electron chi connectivity index (χ4n) is 3.55. The maximum absolute atomic E-state index is 12.4. The number of carbonyl (C=O) groups excluding carboxylic acids is 2. The summed E-state index contributed by atoms with van der Waals surface area (Å²) in [7, 11) is 0. The first-order valence-corrected chi connectivity index (χ1v) is 8.12. The van der Waals surface area contributed by atoms with E-state index in [2.05, 4.69) is 4.90 Å². The number of piperazine rings is 1. The molecule has 1 atom stereocenters. The third kappa shape index (κ3) is 2.80. The lowest BCUT2D eigenvalue weighted by Gasteiger charge is -2.37. The van der Waals surface area contributed by atoms with Crippen LogP contribution in [-0.2, 0) is 4.79 Å². The van der Waals surface area contributed by atoms with Crippen LogP contribution in [0.1, 0.15) is 37.0 Å². The quantitative estimate of drug-likeness (QED) is 0.841. The summed E-state index contributed by atoms with van der Waals surface area (Å²) in [5.74, 6) is 0.466. The first-order valence-electron chi connectivity index (χ1n) is 8.12. The molecule has 3 rings (SSSR count). The molecule has 1 heterocycles. The Labute approximate surface area is 132 Å². The first-order chi connectivity index (χ1) is 10.5. The molecule has 22 heavy (non-hydrogen) atoms. The van der Waals surface area contributed by atoms with Gasteiger partial charge in [-0.25, -0.2) is 0 Å². The Kier molecular flexibility index (Phi) is 4.04. The number of Topliss-reactive ketones (excluding diaryl/α,β-unsaturated/α-hetero) is 1. The Morgan fingerprint density at radius 1 is 1.09 bits per heavy atom. The summed E-state index contributed by atoms with van der Waals surface area (Å²) in [4.78, 5) is 29.0. The van der Waals surface area contributed by atoms with Crippen LogP contribution in [0.5, 0.6) is 0 Å². The number of hydrogen-bond acceptors (Lipinski definition) is 3. The maximum atomic E-state index is 12.4. The third-order valence-electron chi connectivity index (χ3n) is 5.08. The summed E-state index contributed by atoms with van der Waals surface area (Å²) >= 11 is 0. The second-order valence-electron chi connectivity index (χ2n) is 7.00. The van der Waals surface area contributed by atoms with Crippen molar-refractivity contribution in [1.82, 2.24) is 9.80 Å². The summed E-state index contributed by atoms with van der Waals surface area (Å²) in [6.07, 6.45) is 1.93. The van der Waals surface area contributed by atoms with E-state index in [1.165, 1.54) is 0 Å². The van der Waals surface area contributed by atoms with Gasteiger partial charge in [-0.1, -0.05) is 32.0 Å². The Morgan fingerprint density at radius 3 is 2.27 bits per heavy atom. The molecule has 0 N–H and O–H groups in total. The molecule has 118 valence electrons. The highest BCUT2D eigenvalue weighted by atomic mass is 16.2. The Morgan fingerprint density at radius 2 is 1.73 bits per heavy atom. The first kappa shape index (κ1) is 15.2. The van der Waals surface area contributed by atoms with Crippen LogP contribution in [0.25, 0.3) is 0 Å². The smallest absolute Gasteiger partial charge is 0.253 e. The van der Waals surface area contributed by atoms with E-state index in [0.717, 1.165) is 31.5 Å². The van der Waals surface area contributed by atoms with E-state index in [1.807, 2.05) is 49.1 Å². The number of ketones is 1. The zero-order chi connectivity index (χ0) is 15.7. The highest BCUT2D eigenvalue weighted by Crippen LogP contribution is 2.36. The zero-order valence-electron chi connectivity index (χ0n) is 13.4. The van der Waals surface area contributed by atoms with Gasteiger partial charge in [-0.3, -0.25) is 14.5 Å². The second kappa shape index (κ2) is 5.84.